The first-order valence-corrected chi connectivity index (χ1v) is 7.45. The van der Waals surface area contributed by atoms with Crippen LogP contribution in [0.1, 0.15) is 24.5 Å². The maximum absolute atomic E-state index is 13.2. The maximum Gasteiger partial charge on any atom is 0.191 e. The van der Waals surface area contributed by atoms with Crippen LogP contribution in [0.25, 0.3) is 0 Å². The van der Waals surface area contributed by atoms with Crippen molar-refractivity contribution in [3.05, 3.63) is 35.1 Å². The van der Waals surface area contributed by atoms with Crippen LogP contribution in [0, 0.1) is 12.7 Å². The molecule has 0 aliphatic heterocycles. The molecule has 0 heterocycles. The number of benzene rings is 1. The maximum atomic E-state index is 13.2. The van der Waals surface area contributed by atoms with Gasteiger partial charge in [0.2, 0.25) is 0 Å². The van der Waals surface area contributed by atoms with Crippen LogP contribution in [0.2, 0.25) is 0 Å². The number of aryl methyl sites for hydroxylation is 1. The summed E-state index contributed by atoms with van der Waals surface area (Å²) in [4.78, 5) is 6.69. The van der Waals surface area contributed by atoms with Gasteiger partial charge in [0.25, 0.3) is 0 Å². The second kappa shape index (κ2) is 11.6. The first-order chi connectivity index (χ1) is 10.0. The summed E-state index contributed by atoms with van der Waals surface area (Å²) in [5.41, 5.74) is 1.67. The van der Waals surface area contributed by atoms with Crippen LogP contribution in [0.15, 0.2) is 23.2 Å². The van der Waals surface area contributed by atoms with Crippen LogP contribution < -0.4 is 10.6 Å². The lowest BCUT2D eigenvalue weighted by Gasteiger charge is -2.13. The Morgan fingerprint density at radius 3 is 2.59 bits per heavy atom. The SMILES string of the molecule is CCNC(=NCc1ccc(F)c(C)c1)NCCCN(C)C.I. The minimum atomic E-state index is -0.170. The van der Waals surface area contributed by atoms with E-state index in [0.717, 1.165) is 37.6 Å². The monoisotopic (exact) mass is 422 g/mol. The summed E-state index contributed by atoms with van der Waals surface area (Å²) in [5.74, 6) is 0.634. The van der Waals surface area contributed by atoms with E-state index in [-0.39, 0.29) is 29.8 Å². The molecule has 0 fully saturated rings. The third kappa shape index (κ3) is 8.53. The summed E-state index contributed by atoms with van der Waals surface area (Å²) >= 11 is 0. The number of halogens is 2. The summed E-state index contributed by atoms with van der Waals surface area (Å²) in [6.07, 6.45) is 1.06. The smallest absolute Gasteiger partial charge is 0.191 e. The molecule has 0 radical (unpaired) electrons. The number of aliphatic imine (C=N–C) groups is 1. The Bertz CT molecular complexity index is 463. The lowest BCUT2D eigenvalue weighted by molar-refractivity contribution is 0.399. The number of rotatable bonds is 7. The zero-order chi connectivity index (χ0) is 15.7. The van der Waals surface area contributed by atoms with Crippen LogP contribution in [0.4, 0.5) is 4.39 Å². The van der Waals surface area contributed by atoms with Gasteiger partial charge in [0.15, 0.2) is 5.96 Å². The third-order valence-corrected chi connectivity index (χ3v) is 3.06. The van der Waals surface area contributed by atoms with Crippen LogP contribution in [-0.4, -0.2) is 44.6 Å². The van der Waals surface area contributed by atoms with Crippen molar-refractivity contribution in [1.82, 2.24) is 15.5 Å². The number of hydrogen-bond donors (Lipinski definition) is 2. The van der Waals surface area contributed by atoms with E-state index in [2.05, 4.69) is 34.6 Å². The second-order valence-corrected chi connectivity index (χ2v) is 5.36. The molecular formula is C16H28FIN4. The molecule has 0 atom stereocenters. The van der Waals surface area contributed by atoms with Gasteiger partial charge in [-0.05, 0) is 58.1 Å². The van der Waals surface area contributed by atoms with Gasteiger partial charge in [-0.3, -0.25) is 0 Å². The Morgan fingerprint density at radius 2 is 2.00 bits per heavy atom. The van der Waals surface area contributed by atoms with Gasteiger partial charge in [0, 0.05) is 13.1 Å². The zero-order valence-electron chi connectivity index (χ0n) is 13.9. The molecule has 0 saturated carbocycles. The van der Waals surface area contributed by atoms with E-state index in [1.807, 2.05) is 13.0 Å². The zero-order valence-corrected chi connectivity index (χ0v) is 16.3. The molecule has 0 bridgehead atoms. The molecule has 22 heavy (non-hydrogen) atoms. The van der Waals surface area contributed by atoms with Crippen LogP contribution in [0.5, 0.6) is 0 Å². The Kier molecular flexibility index (Phi) is 11.2. The molecule has 1 aromatic carbocycles. The van der Waals surface area contributed by atoms with E-state index in [1.54, 1.807) is 13.0 Å². The predicted molar refractivity (Wildman–Crippen MR) is 103 cm³/mol. The molecule has 0 aliphatic rings. The highest BCUT2D eigenvalue weighted by Crippen LogP contribution is 2.09. The van der Waals surface area contributed by atoms with Gasteiger partial charge in [0.05, 0.1) is 6.54 Å². The second-order valence-electron chi connectivity index (χ2n) is 5.36. The largest absolute Gasteiger partial charge is 0.357 e. The molecule has 0 spiro atoms. The highest BCUT2D eigenvalue weighted by molar-refractivity contribution is 14.0. The average Bonchev–Trinajstić information content (AvgIpc) is 2.44. The van der Waals surface area contributed by atoms with E-state index in [1.165, 1.54) is 6.07 Å². The molecule has 2 N–H and O–H groups in total. The number of nitrogens with one attached hydrogen (secondary N) is 2. The van der Waals surface area contributed by atoms with Crippen LogP contribution in [0.3, 0.4) is 0 Å². The molecule has 0 aromatic heterocycles. The Hall–Kier alpha value is -0.890. The fourth-order valence-corrected chi connectivity index (χ4v) is 1.92. The van der Waals surface area contributed by atoms with E-state index in [9.17, 15) is 4.39 Å². The van der Waals surface area contributed by atoms with Gasteiger partial charge in [0.1, 0.15) is 5.82 Å². The number of hydrogen-bond acceptors (Lipinski definition) is 2. The van der Waals surface area contributed by atoms with Crippen LogP contribution in [-0.2, 0) is 6.54 Å². The first kappa shape index (κ1) is 21.1. The van der Waals surface area contributed by atoms with Gasteiger partial charge < -0.3 is 15.5 Å². The fourth-order valence-electron chi connectivity index (χ4n) is 1.92. The molecule has 1 aromatic rings. The Labute approximate surface area is 150 Å². The topological polar surface area (TPSA) is 39.7 Å². The first-order valence-electron chi connectivity index (χ1n) is 7.45. The number of nitrogens with zero attached hydrogens (tertiary/aromatic N) is 2. The highest BCUT2D eigenvalue weighted by atomic mass is 127. The highest BCUT2D eigenvalue weighted by Gasteiger charge is 2.00. The summed E-state index contributed by atoms with van der Waals surface area (Å²) in [5, 5.41) is 6.53. The van der Waals surface area contributed by atoms with Crippen LogP contribution >= 0.6 is 24.0 Å². The summed E-state index contributed by atoms with van der Waals surface area (Å²) in [6.45, 7) is 7.11. The molecule has 0 aliphatic carbocycles. The lowest BCUT2D eigenvalue weighted by atomic mass is 10.1. The molecule has 4 nitrogen and oxygen atoms in total. The minimum Gasteiger partial charge on any atom is -0.357 e. The Balaban J connectivity index is 0.00000441. The van der Waals surface area contributed by atoms with Crippen molar-refractivity contribution >= 4 is 29.9 Å². The summed E-state index contributed by atoms with van der Waals surface area (Å²) < 4.78 is 13.2. The van der Waals surface area contributed by atoms with Crippen molar-refractivity contribution in [3.8, 4) is 0 Å². The fraction of sp³-hybridized carbons (Fsp3) is 0.562. The van der Waals surface area contributed by atoms with E-state index in [0.29, 0.717) is 12.1 Å². The van der Waals surface area contributed by atoms with Crippen molar-refractivity contribution in [2.45, 2.75) is 26.8 Å². The minimum absolute atomic E-state index is 0. The van der Waals surface area contributed by atoms with Gasteiger partial charge in [-0.2, -0.15) is 0 Å². The van der Waals surface area contributed by atoms with E-state index < -0.39 is 0 Å². The molecule has 0 amide bonds. The lowest BCUT2D eigenvalue weighted by Crippen LogP contribution is -2.38. The van der Waals surface area contributed by atoms with Gasteiger partial charge in [-0.15, -0.1) is 24.0 Å². The third-order valence-electron chi connectivity index (χ3n) is 3.06. The summed E-state index contributed by atoms with van der Waals surface area (Å²) in [6, 6.07) is 5.12. The van der Waals surface area contributed by atoms with Crippen molar-refractivity contribution < 1.29 is 4.39 Å². The van der Waals surface area contributed by atoms with Gasteiger partial charge in [-0.25, -0.2) is 9.38 Å². The van der Waals surface area contributed by atoms with Gasteiger partial charge >= 0.3 is 0 Å². The quantitative estimate of drug-likeness (QED) is 0.307. The standard InChI is InChI=1S/C16H27FN4.HI/c1-5-18-16(19-9-6-10-21(3)4)20-12-14-7-8-15(17)13(2)11-14;/h7-8,11H,5-6,9-10,12H2,1-4H3,(H2,18,19,20);1H. The van der Waals surface area contributed by atoms with Gasteiger partial charge in [-0.1, -0.05) is 12.1 Å². The summed E-state index contributed by atoms with van der Waals surface area (Å²) in [7, 11) is 4.13. The Morgan fingerprint density at radius 1 is 1.27 bits per heavy atom. The van der Waals surface area contributed by atoms with Crippen molar-refractivity contribution in [3.63, 3.8) is 0 Å². The van der Waals surface area contributed by atoms with Crippen molar-refractivity contribution in [1.29, 1.82) is 0 Å². The molecule has 1 rings (SSSR count). The average molecular weight is 422 g/mol. The molecule has 126 valence electrons. The van der Waals surface area contributed by atoms with E-state index in [4.69, 9.17) is 0 Å². The van der Waals surface area contributed by atoms with E-state index >= 15 is 0 Å². The predicted octanol–water partition coefficient (Wildman–Crippen LogP) is 2.76. The molecule has 0 unspecified atom stereocenters. The molecular weight excluding hydrogens is 394 g/mol. The molecule has 0 saturated heterocycles. The number of guanidine groups is 1. The normalized spacial score (nSPS) is 11.3. The van der Waals surface area contributed by atoms with Crippen molar-refractivity contribution in [2.75, 3.05) is 33.7 Å². The molecule has 6 heteroatoms. The van der Waals surface area contributed by atoms with Crippen molar-refractivity contribution in [2.24, 2.45) is 4.99 Å².